The average molecular weight is 198 g/mol. The Bertz CT molecular complexity index is 209. The van der Waals surface area contributed by atoms with Crippen LogP contribution in [0.3, 0.4) is 0 Å². The topological polar surface area (TPSA) is 68.2 Å². The Morgan fingerprint density at radius 1 is 1.50 bits per heavy atom. The zero-order valence-corrected chi connectivity index (χ0v) is 9.00. The molecule has 0 heterocycles. The molecule has 14 heavy (non-hydrogen) atoms. The molecule has 0 aliphatic rings. The third-order valence-electron chi connectivity index (χ3n) is 1.66. The van der Waals surface area contributed by atoms with Crippen LogP contribution in [0.4, 0.5) is 4.79 Å². The van der Waals surface area contributed by atoms with Crippen LogP contribution in [0.2, 0.25) is 0 Å². The van der Waals surface area contributed by atoms with Gasteiger partial charge in [-0.05, 0) is 6.92 Å². The molecule has 2 N–H and O–H groups in total. The quantitative estimate of drug-likeness (QED) is 0.611. The van der Waals surface area contributed by atoms with Crippen molar-refractivity contribution in [1.29, 1.82) is 5.26 Å². The summed E-state index contributed by atoms with van der Waals surface area (Å²) in [4.78, 5) is 12.5. The van der Waals surface area contributed by atoms with Gasteiger partial charge in [-0.2, -0.15) is 5.26 Å². The van der Waals surface area contributed by atoms with Gasteiger partial charge >= 0.3 is 6.03 Å². The number of nitrogens with one attached hydrogen (secondary N) is 2. The standard InChI is InChI=1S/C9H18N4O/c1-8(6-10)7-11-4-5-12-9(14)13(2)3/h8,11H,4-5,7H2,1-3H3,(H,12,14). The predicted molar refractivity (Wildman–Crippen MR) is 54.7 cm³/mol. The molecule has 0 aliphatic heterocycles. The summed E-state index contributed by atoms with van der Waals surface area (Å²) in [5, 5.41) is 14.3. The van der Waals surface area contributed by atoms with Crippen molar-refractivity contribution in [1.82, 2.24) is 15.5 Å². The minimum Gasteiger partial charge on any atom is -0.337 e. The number of nitriles is 1. The summed E-state index contributed by atoms with van der Waals surface area (Å²) < 4.78 is 0. The van der Waals surface area contributed by atoms with Crippen LogP contribution in [0.1, 0.15) is 6.92 Å². The van der Waals surface area contributed by atoms with Crippen LogP contribution >= 0.6 is 0 Å². The van der Waals surface area contributed by atoms with E-state index in [0.717, 1.165) is 0 Å². The fourth-order valence-corrected chi connectivity index (χ4v) is 0.780. The lowest BCUT2D eigenvalue weighted by Crippen LogP contribution is -2.39. The molecule has 0 fully saturated rings. The molecule has 0 saturated carbocycles. The lowest BCUT2D eigenvalue weighted by atomic mass is 10.2. The summed E-state index contributed by atoms with van der Waals surface area (Å²) in [6.07, 6.45) is 0. The van der Waals surface area contributed by atoms with Gasteiger partial charge in [-0.3, -0.25) is 0 Å². The lowest BCUT2D eigenvalue weighted by molar-refractivity contribution is 0.217. The van der Waals surface area contributed by atoms with Gasteiger partial charge in [0.15, 0.2) is 0 Å². The van der Waals surface area contributed by atoms with Crippen LogP contribution in [0, 0.1) is 17.2 Å². The Morgan fingerprint density at radius 2 is 2.14 bits per heavy atom. The van der Waals surface area contributed by atoms with E-state index in [0.29, 0.717) is 19.6 Å². The van der Waals surface area contributed by atoms with E-state index < -0.39 is 0 Å². The molecule has 0 aromatic heterocycles. The monoisotopic (exact) mass is 198 g/mol. The van der Waals surface area contributed by atoms with Gasteiger partial charge in [-0.25, -0.2) is 4.79 Å². The second-order valence-corrected chi connectivity index (χ2v) is 3.36. The molecular formula is C9H18N4O. The molecule has 1 unspecified atom stereocenters. The third-order valence-corrected chi connectivity index (χ3v) is 1.66. The number of urea groups is 1. The Labute approximate surface area is 85.1 Å². The molecule has 2 amide bonds. The number of rotatable bonds is 5. The van der Waals surface area contributed by atoms with Crippen molar-refractivity contribution in [2.24, 2.45) is 5.92 Å². The van der Waals surface area contributed by atoms with Crippen LogP contribution < -0.4 is 10.6 Å². The van der Waals surface area contributed by atoms with Crippen LogP contribution in [0.25, 0.3) is 0 Å². The van der Waals surface area contributed by atoms with Gasteiger partial charge in [0.2, 0.25) is 0 Å². The van der Waals surface area contributed by atoms with Crippen LogP contribution in [-0.4, -0.2) is 44.7 Å². The van der Waals surface area contributed by atoms with E-state index >= 15 is 0 Å². The molecule has 1 atom stereocenters. The normalized spacial score (nSPS) is 11.6. The van der Waals surface area contributed by atoms with Gasteiger partial charge in [0.1, 0.15) is 0 Å². The van der Waals surface area contributed by atoms with Crippen molar-refractivity contribution in [2.75, 3.05) is 33.7 Å². The van der Waals surface area contributed by atoms with Gasteiger partial charge in [0.05, 0.1) is 12.0 Å². The number of carbonyl (C=O) groups excluding carboxylic acids is 1. The van der Waals surface area contributed by atoms with Crippen LogP contribution in [-0.2, 0) is 0 Å². The third kappa shape index (κ3) is 6.26. The summed E-state index contributed by atoms with van der Waals surface area (Å²) in [6, 6.07) is 2.03. The molecule has 5 heteroatoms. The maximum atomic E-state index is 11.0. The van der Waals surface area contributed by atoms with Gasteiger partial charge in [0, 0.05) is 33.7 Å². The first-order valence-corrected chi connectivity index (χ1v) is 4.63. The highest BCUT2D eigenvalue weighted by Crippen LogP contribution is 1.86. The van der Waals surface area contributed by atoms with E-state index in [9.17, 15) is 4.79 Å². The van der Waals surface area contributed by atoms with E-state index in [4.69, 9.17) is 5.26 Å². The van der Waals surface area contributed by atoms with Gasteiger partial charge in [-0.1, -0.05) is 0 Å². The highest BCUT2D eigenvalue weighted by molar-refractivity contribution is 5.73. The van der Waals surface area contributed by atoms with E-state index in [1.807, 2.05) is 6.92 Å². The molecule has 0 rings (SSSR count). The van der Waals surface area contributed by atoms with Crippen molar-refractivity contribution in [3.05, 3.63) is 0 Å². The maximum Gasteiger partial charge on any atom is 0.316 e. The Hall–Kier alpha value is -1.28. The van der Waals surface area contributed by atoms with Crippen LogP contribution in [0.15, 0.2) is 0 Å². The molecule has 0 saturated heterocycles. The van der Waals surface area contributed by atoms with Gasteiger partial charge < -0.3 is 15.5 Å². The minimum atomic E-state index is -0.0971. The van der Waals surface area contributed by atoms with E-state index in [-0.39, 0.29) is 11.9 Å². The predicted octanol–water partition coefficient (Wildman–Crippen LogP) is 0.00688. The summed E-state index contributed by atoms with van der Waals surface area (Å²) >= 11 is 0. The molecule has 0 radical (unpaired) electrons. The Morgan fingerprint density at radius 3 is 2.64 bits per heavy atom. The number of hydrogen-bond acceptors (Lipinski definition) is 3. The first kappa shape index (κ1) is 12.7. The van der Waals surface area contributed by atoms with Crippen molar-refractivity contribution in [3.8, 4) is 6.07 Å². The second-order valence-electron chi connectivity index (χ2n) is 3.36. The van der Waals surface area contributed by atoms with Crippen molar-refractivity contribution < 1.29 is 4.79 Å². The number of nitrogens with zero attached hydrogens (tertiary/aromatic N) is 2. The number of carbonyl (C=O) groups is 1. The zero-order valence-electron chi connectivity index (χ0n) is 9.00. The van der Waals surface area contributed by atoms with Gasteiger partial charge in [0.25, 0.3) is 0 Å². The Kier molecular flexibility index (Phi) is 6.50. The number of amides is 2. The summed E-state index contributed by atoms with van der Waals surface area (Å²) in [6.45, 7) is 3.78. The molecule has 5 nitrogen and oxygen atoms in total. The molecule has 0 bridgehead atoms. The molecule has 0 aliphatic carbocycles. The average Bonchev–Trinajstić information content (AvgIpc) is 2.16. The smallest absolute Gasteiger partial charge is 0.316 e. The van der Waals surface area contributed by atoms with Crippen molar-refractivity contribution in [2.45, 2.75) is 6.92 Å². The summed E-state index contributed by atoms with van der Waals surface area (Å²) in [5.74, 6) is 0.0135. The lowest BCUT2D eigenvalue weighted by Gasteiger charge is -2.12. The first-order chi connectivity index (χ1) is 6.57. The first-order valence-electron chi connectivity index (χ1n) is 4.63. The largest absolute Gasteiger partial charge is 0.337 e. The van der Waals surface area contributed by atoms with Crippen molar-refractivity contribution >= 4 is 6.03 Å². The van der Waals surface area contributed by atoms with E-state index in [1.165, 1.54) is 4.90 Å². The SMILES string of the molecule is CC(C#N)CNCCNC(=O)N(C)C. The highest BCUT2D eigenvalue weighted by atomic mass is 16.2. The van der Waals surface area contributed by atoms with Gasteiger partial charge in [-0.15, -0.1) is 0 Å². The fourth-order valence-electron chi connectivity index (χ4n) is 0.780. The summed E-state index contributed by atoms with van der Waals surface area (Å²) in [7, 11) is 3.39. The number of hydrogen-bond donors (Lipinski definition) is 2. The molecule has 0 spiro atoms. The summed E-state index contributed by atoms with van der Waals surface area (Å²) in [5.41, 5.74) is 0. The molecule has 80 valence electrons. The Balaban J connectivity index is 3.31. The highest BCUT2D eigenvalue weighted by Gasteiger charge is 2.01. The van der Waals surface area contributed by atoms with Crippen LogP contribution in [0.5, 0.6) is 0 Å². The molecule has 0 aromatic carbocycles. The molecule has 0 aromatic rings. The zero-order chi connectivity index (χ0) is 11.0. The fraction of sp³-hybridized carbons (Fsp3) is 0.778. The maximum absolute atomic E-state index is 11.0. The van der Waals surface area contributed by atoms with E-state index in [1.54, 1.807) is 14.1 Å². The second kappa shape index (κ2) is 7.15. The van der Waals surface area contributed by atoms with E-state index in [2.05, 4.69) is 16.7 Å². The van der Waals surface area contributed by atoms with Crippen molar-refractivity contribution in [3.63, 3.8) is 0 Å². The molecular weight excluding hydrogens is 180 g/mol. The minimum absolute atomic E-state index is 0.0135.